The van der Waals surface area contributed by atoms with Crippen LogP contribution in [0.2, 0.25) is 0 Å². The fourth-order valence-electron chi connectivity index (χ4n) is 3.44. The molecule has 3 aliphatic rings. The van der Waals surface area contributed by atoms with Gasteiger partial charge >= 0.3 is 0 Å². The maximum absolute atomic E-state index is 6.25. The second-order valence-corrected chi connectivity index (χ2v) is 5.36. The summed E-state index contributed by atoms with van der Waals surface area (Å²) in [6, 6.07) is 0.441. The summed E-state index contributed by atoms with van der Waals surface area (Å²) in [6.07, 6.45) is 12.3. The number of rotatable bonds is 1. The smallest absolute Gasteiger partial charge is 0.0139 e. The molecule has 0 spiro atoms. The minimum atomic E-state index is 0.427. The first-order valence-corrected chi connectivity index (χ1v) is 5.88. The van der Waals surface area contributed by atoms with E-state index >= 15 is 0 Å². The van der Waals surface area contributed by atoms with E-state index in [4.69, 9.17) is 5.73 Å². The molecule has 0 aliphatic heterocycles. The van der Waals surface area contributed by atoms with Crippen LogP contribution in [0, 0.1) is 17.3 Å². The quantitative estimate of drug-likeness (QED) is 0.674. The molecular formula is C13H19N. The highest BCUT2D eigenvalue weighted by atomic mass is 14.8. The lowest BCUT2D eigenvalue weighted by Gasteiger charge is -2.24. The summed E-state index contributed by atoms with van der Waals surface area (Å²) in [6.45, 7) is 2.28. The predicted molar refractivity (Wildman–Crippen MR) is 58.8 cm³/mol. The van der Waals surface area contributed by atoms with Crippen LogP contribution in [0.15, 0.2) is 23.8 Å². The average Bonchev–Trinajstić information content (AvgIpc) is 2.84. The molecule has 2 saturated carbocycles. The van der Waals surface area contributed by atoms with Gasteiger partial charge in [-0.25, -0.2) is 0 Å². The van der Waals surface area contributed by atoms with Crippen molar-refractivity contribution in [1.29, 1.82) is 0 Å². The molecular weight excluding hydrogens is 170 g/mol. The largest absolute Gasteiger partial charge is 0.327 e. The molecule has 3 aliphatic carbocycles. The van der Waals surface area contributed by atoms with Crippen molar-refractivity contribution in [2.75, 3.05) is 0 Å². The molecule has 0 radical (unpaired) electrons. The Morgan fingerprint density at radius 1 is 1.43 bits per heavy atom. The van der Waals surface area contributed by atoms with Crippen molar-refractivity contribution in [2.24, 2.45) is 23.0 Å². The van der Waals surface area contributed by atoms with Crippen LogP contribution < -0.4 is 5.73 Å². The van der Waals surface area contributed by atoms with Crippen molar-refractivity contribution in [2.45, 2.75) is 38.6 Å². The molecule has 4 atom stereocenters. The van der Waals surface area contributed by atoms with E-state index < -0.39 is 0 Å². The van der Waals surface area contributed by atoms with Gasteiger partial charge in [0.2, 0.25) is 0 Å². The summed E-state index contributed by atoms with van der Waals surface area (Å²) in [7, 11) is 0. The number of nitrogens with two attached hydrogens (primary N) is 1. The molecule has 0 aromatic carbocycles. The first kappa shape index (κ1) is 8.72. The normalized spacial score (nSPS) is 50.1. The zero-order valence-electron chi connectivity index (χ0n) is 8.87. The van der Waals surface area contributed by atoms with E-state index in [1.54, 1.807) is 5.57 Å². The lowest BCUT2D eigenvalue weighted by molar-refractivity contribution is 0.489. The number of fused-ring (bicyclic) bond motifs is 1. The summed E-state index contributed by atoms with van der Waals surface area (Å²) >= 11 is 0. The van der Waals surface area contributed by atoms with Gasteiger partial charge in [-0.3, -0.25) is 0 Å². The summed E-state index contributed by atoms with van der Waals surface area (Å²) in [5.74, 6) is 1.65. The number of allylic oxidation sites excluding steroid dienone is 3. The van der Waals surface area contributed by atoms with Crippen molar-refractivity contribution >= 4 is 0 Å². The van der Waals surface area contributed by atoms with Crippen LogP contribution in [-0.4, -0.2) is 6.04 Å². The van der Waals surface area contributed by atoms with Crippen LogP contribution >= 0.6 is 0 Å². The molecule has 2 fully saturated rings. The topological polar surface area (TPSA) is 26.0 Å². The molecule has 0 bridgehead atoms. The fraction of sp³-hybridized carbons (Fsp3) is 0.692. The van der Waals surface area contributed by atoms with Gasteiger partial charge in [-0.05, 0) is 43.1 Å². The summed E-state index contributed by atoms with van der Waals surface area (Å²) in [4.78, 5) is 0. The van der Waals surface area contributed by atoms with Crippen LogP contribution in [0.25, 0.3) is 0 Å². The molecule has 0 heterocycles. The van der Waals surface area contributed by atoms with E-state index in [0.29, 0.717) is 11.5 Å². The zero-order chi connectivity index (χ0) is 9.76. The van der Waals surface area contributed by atoms with Gasteiger partial charge in [-0.15, -0.1) is 0 Å². The Kier molecular flexibility index (Phi) is 1.70. The molecule has 0 aromatic heterocycles. The standard InChI is InChI=1S/C13H19N/c1-9-2-4-10(5-3-9)13-8-11(13)6-7-12(13)14/h2,4-5,9,11-12H,3,6-8,14H2,1H3. The van der Waals surface area contributed by atoms with Gasteiger partial charge in [-0.1, -0.05) is 25.2 Å². The lowest BCUT2D eigenvalue weighted by atomic mass is 9.84. The van der Waals surface area contributed by atoms with Gasteiger partial charge < -0.3 is 5.73 Å². The van der Waals surface area contributed by atoms with E-state index in [9.17, 15) is 0 Å². The number of hydrogen-bond donors (Lipinski definition) is 1. The SMILES string of the molecule is CC1C=CC(C23CC2CCC3N)=CC1. The second kappa shape index (κ2) is 2.73. The van der Waals surface area contributed by atoms with Crippen molar-refractivity contribution in [3.8, 4) is 0 Å². The summed E-state index contributed by atoms with van der Waals surface area (Å²) in [5.41, 5.74) is 8.23. The van der Waals surface area contributed by atoms with Crippen LogP contribution in [0.5, 0.6) is 0 Å². The molecule has 0 saturated heterocycles. The maximum Gasteiger partial charge on any atom is 0.0139 e. The molecule has 4 unspecified atom stereocenters. The maximum atomic E-state index is 6.25. The molecule has 2 N–H and O–H groups in total. The van der Waals surface area contributed by atoms with Crippen molar-refractivity contribution in [1.82, 2.24) is 0 Å². The minimum Gasteiger partial charge on any atom is -0.327 e. The van der Waals surface area contributed by atoms with Crippen LogP contribution in [-0.2, 0) is 0 Å². The monoisotopic (exact) mass is 189 g/mol. The van der Waals surface area contributed by atoms with Gasteiger partial charge in [0.1, 0.15) is 0 Å². The minimum absolute atomic E-state index is 0.427. The van der Waals surface area contributed by atoms with E-state index in [-0.39, 0.29) is 0 Å². The Bertz CT molecular complexity index is 315. The Labute approximate surface area is 86.1 Å². The Morgan fingerprint density at radius 3 is 2.79 bits per heavy atom. The lowest BCUT2D eigenvalue weighted by Crippen LogP contribution is -2.30. The predicted octanol–water partition coefficient (Wildman–Crippen LogP) is 2.64. The van der Waals surface area contributed by atoms with Crippen LogP contribution in [0.3, 0.4) is 0 Å². The first-order chi connectivity index (χ1) is 6.73. The zero-order valence-corrected chi connectivity index (χ0v) is 8.87. The first-order valence-electron chi connectivity index (χ1n) is 5.88. The van der Waals surface area contributed by atoms with Crippen LogP contribution in [0.1, 0.15) is 32.6 Å². The molecule has 1 nitrogen and oxygen atoms in total. The fourth-order valence-corrected chi connectivity index (χ4v) is 3.44. The average molecular weight is 189 g/mol. The highest BCUT2D eigenvalue weighted by Crippen LogP contribution is 2.67. The van der Waals surface area contributed by atoms with Crippen LogP contribution in [0.4, 0.5) is 0 Å². The van der Waals surface area contributed by atoms with Crippen molar-refractivity contribution in [3.05, 3.63) is 23.8 Å². The highest BCUT2D eigenvalue weighted by molar-refractivity contribution is 5.40. The second-order valence-electron chi connectivity index (χ2n) is 5.36. The summed E-state index contributed by atoms with van der Waals surface area (Å²) in [5, 5.41) is 0. The van der Waals surface area contributed by atoms with Gasteiger partial charge in [-0.2, -0.15) is 0 Å². The van der Waals surface area contributed by atoms with Gasteiger partial charge in [0.05, 0.1) is 0 Å². The van der Waals surface area contributed by atoms with E-state index in [0.717, 1.165) is 11.8 Å². The highest BCUT2D eigenvalue weighted by Gasteiger charge is 2.62. The molecule has 14 heavy (non-hydrogen) atoms. The van der Waals surface area contributed by atoms with Gasteiger partial charge in [0.15, 0.2) is 0 Å². The van der Waals surface area contributed by atoms with Gasteiger partial charge in [0.25, 0.3) is 0 Å². The molecule has 0 aromatic rings. The van der Waals surface area contributed by atoms with Crippen molar-refractivity contribution < 1.29 is 0 Å². The third-order valence-electron chi connectivity index (χ3n) is 4.49. The van der Waals surface area contributed by atoms with Crippen molar-refractivity contribution in [3.63, 3.8) is 0 Å². The number of hydrogen-bond acceptors (Lipinski definition) is 1. The van der Waals surface area contributed by atoms with E-state index in [1.165, 1.54) is 25.7 Å². The molecule has 76 valence electrons. The Hall–Kier alpha value is -0.560. The van der Waals surface area contributed by atoms with Gasteiger partial charge in [0, 0.05) is 11.5 Å². The summed E-state index contributed by atoms with van der Waals surface area (Å²) < 4.78 is 0. The molecule has 1 heteroatoms. The Morgan fingerprint density at radius 2 is 2.29 bits per heavy atom. The van der Waals surface area contributed by atoms with E-state index in [2.05, 4.69) is 25.2 Å². The van der Waals surface area contributed by atoms with E-state index in [1.807, 2.05) is 0 Å². The molecule has 3 rings (SSSR count). The third kappa shape index (κ3) is 0.993. The third-order valence-corrected chi connectivity index (χ3v) is 4.49. The Balaban J connectivity index is 1.87. The molecule has 0 amide bonds.